The Morgan fingerprint density at radius 2 is 1.89 bits per heavy atom. The van der Waals surface area contributed by atoms with Gasteiger partial charge in [-0.15, -0.1) is 11.3 Å². The first-order valence-electron chi connectivity index (χ1n) is 8.70. The number of hydrogen-bond acceptors (Lipinski definition) is 5. The van der Waals surface area contributed by atoms with Gasteiger partial charge < -0.3 is 15.1 Å². The van der Waals surface area contributed by atoms with Crippen LogP contribution in [0.1, 0.15) is 27.3 Å². The summed E-state index contributed by atoms with van der Waals surface area (Å²) in [7, 11) is 3.87. The Balaban J connectivity index is 2.10. The van der Waals surface area contributed by atoms with Crippen molar-refractivity contribution in [3.63, 3.8) is 0 Å². The van der Waals surface area contributed by atoms with Gasteiger partial charge in [-0.3, -0.25) is 9.59 Å². The summed E-state index contributed by atoms with van der Waals surface area (Å²) >= 11 is 1.39. The fourth-order valence-electron chi connectivity index (χ4n) is 2.49. The average Bonchev–Trinajstić information content (AvgIpc) is 2.90. The van der Waals surface area contributed by atoms with Crippen LogP contribution < -0.4 is 5.32 Å². The van der Waals surface area contributed by atoms with Gasteiger partial charge in [0.2, 0.25) is 5.91 Å². The Labute approximate surface area is 163 Å². The zero-order chi connectivity index (χ0) is 20.0. The van der Waals surface area contributed by atoms with E-state index in [0.29, 0.717) is 18.1 Å². The Kier molecular flexibility index (Phi) is 7.44. The summed E-state index contributed by atoms with van der Waals surface area (Å²) in [4.78, 5) is 33.9. The van der Waals surface area contributed by atoms with E-state index < -0.39 is 11.7 Å². The monoisotopic (exact) mass is 392 g/mol. The second kappa shape index (κ2) is 9.57. The number of rotatable bonds is 8. The normalized spacial score (nSPS) is 10.9. The lowest BCUT2D eigenvalue weighted by molar-refractivity contribution is -0.116. The molecule has 0 spiro atoms. The maximum atomic E-state index is 14.0. The highest BCUT2D eigenvalue weighted by Crippen LogP contribution is 2.21. The predicted molar refractivity (Wildman–Crippen MR) is 106 cm³/mol. The van der Waals surface area contributed by atoms with Crippen molar-refractivity contribution < 1.29 is 14.0 Å². The number of nitrogens with zero attached hydrogens (tertiary/aromatic N) is 3. The number of carbonyl (C=O) groups is 2. The summed E-state index contributed by atoms with van der Waals surface area (Å²) in [5.41, 5.74) is 0.830. The van der Waals surface area contributed by atoms with E-state index in [0.717, 1.165) is 17.1 Å². The van der Waals surface area contributed by atoms with Crippen LogP contribution in [-0.4, -0.2) is 60.3 Å². The lowest BCUT2D eigenvalue weighted by Gasteiger charge is -2.23. The van der Waals surface area contributed by atoms with Gasteiger partial charge in [0.15, 0.2) is 5.13 Å². The lowest BCUT2D eigenvalue weighted by atomic mass is 10.1. The minimum absolute atomic E-state index is 0.0314. The zero-order valence-corrected chi connectivity index (χ0v) is 16.9. The molecule has 0 aliphatic heterocycles. The SMILES string of the molecule is Cc1nc(NC(=O)CN(CCCN(C)C)C(=O)c2ccccc2F)sc1C. The summed E-state index contributed by atoms with van der Waals surface area (Å²) in [5.74, 6) is -1.43. The number of amides is 2. The van der Waals surface area contributed by atoms with Crippen molar-refractivity contribution in [1.29, 1.82) is 0 Å². The molecule has 0 aliphatic carbocycles. The molecule has 0 fully saturated rings. The Hall–Kier alpha value is -2.32. The number of benzene rings is 1. The van der Waals surface area contributed by atoms with Gasteiger partial charge in [-0.2, -0.15) is 0 Å². The number of nitrogens with one attached hydrogen (secondary N) is 1. The molecule has 0 radical (unpaired) electrons. The molecule has 2 rings (SSSR count). The molecular weight excluding hydrogens is 367 g/mol. The Bertz CT molecular complexity index is 787. The third-order valence-electron chi connectivity index (χ3n) is 4.03. The molecule has 0 bridgehead atoms. The second-order valence-electron chi connectivity index (χ2n) is 6.57. The molecule has 1 aromatic heterocycles. The molecule has 2 amide bonds. The van der Waals surface area contributed by atoms with E-state index in [1.54, 1.807) is 6.07 Å². The molecule has 1 N–H and O–H groups in total. The molecule has 0 saturated heterocycles. The summed E-state index contributed by atoms with van der Waals surface area (Å²) in [6.45, 7) is 4.76. The first kappa shape index (κ1) is 21.0. The topological polar surface area (TPSA) is 65.5 Å². The molecule has 27 heavy (non-hydrogen) atoms. The van der Waals surface area contributed by atoms with Crippen LogP contribution in [0.3, 0.4) is 0 Å². The molecule has 0 aliphatic rings. The van der Waals surface area contributed by atoms with Crippen LogP contribution in [0.5, 0.6) is 0 Å². The van der Waals surface area contributed by atoms with Crippen molar-refractivity contribution in [3.8, 4) is 0 Å². The van der Waals surface area contributed by atoms with Crippen molar-refractivity contribution in [2.75, 3.05) is 39.0 Å². The number of aryl methyl sites for hydroxylation is 2. The number of thiazole rings is 1. The number of halogens is 1. The van der Waals surface area contributed by atoms with E-state index in [2.05, 4.69) is 10.3 Å². The van der Waals surface area contributed by atoms with E-state index in [1.165, 1.54) is 34.4 Å². The van der Waals surface area contributed by atoms with Gasteiger partial charge in [-0.25, -0.2) is 9.37 Å². The quantitative estimate of drug-likeness (QED) is 0.750. The molecule has 0 atom stereocenters. The lowest BCUT2D eigenvalue weighted by Crippen LogP contribution is -2.39. The van der Waals surface area contributed by atoms with Crippen LogP contribution in [0.2, 0.25) is 0 Å². The van der Waals surface area contributed by atoms with Gasteiger partial charge in [-0.05, 0) is 53.0 Å². The van der Waals surface area contributed by atoms with E-state index in [9.17, 15) is 14.0 Å². The molecule has 1 aromatic carbocycles. The van der Waals surface area contributed by atoms with E-state index >= 15 is 0 Å². The average molecular weight is 392 g/mol. The number of carbonyl (C=O) groups excluding carboxylic acids is 2. The molecule has 8 heteroatoms. The Morgan fingerprint density at radius 3 is 2.48 bits per heavy atom. The maximum Gasteiger partial charge on any atom is 0.257 e. The van der Waals surface area contributed by atoms with Crippen molar-refractivity contribution in [1.82, 2.24) is 14.8 Å². The van der Waals surface area contributed by atoms with Crippen molar-refractivity contribution in [2.24, 2.45) is 0 Å². The van der Waals surface area contributed by atoms with Crippen LogP contribution in [0, 0.1) is 19.7 Å². The van der Waals surface area contributed by atoms with Crippen LogP contribution in [0.15, 0.2) is 24.3 Å². The second-order valence-corrected chi connectivity index (χ2v) is 7.78. The highest BCUT2D eigenvalue weighted by Gasteiger charge is 2.22. The largest absolute Gasteiger partial charge is 0.329 e. The first-order chi connectivity index (χ1) is 12.8. The number of anilines is 1. The minimum atomic E-state index is -0.591. The number of aromatic nitrogens is 1. The van der Waals surface area contributed by atoms with Crippen LogP contribution in [0.4, 0.5) is 9.52 Å². The summed E-state index contributed by atoms with van der Waals surface area (Å²) in [6.07, 6.45) is 0.677. The predicted octanol–water partition coefficient (Wildman–Crippen LogP) is 2.93. The van der Waals surface area contributed by atoms with Gasteiger partial charge in [0.25, 0.3) is 5.91 Å². The van der Waals surface area contributed by atoms with Gasteiger partial charge in [0.05, 0.1) is 11.3 Å². The van der Waals surface area contributed by atoms with E-state index in [-0.39, 0.29) is 18.0 Å². The molecule has 146 valence electrons. The molecule has 0 saturated carbocycles. The van der Waals surface area contributed by atoms with E-state index in [1.807, 2.05) is 32.8 Å². The molecule has 0 unspecified atom stereocenters. The Morgan fingerprint density at radius 1 is 1.19 bits per heavy atom. The van der Waals surface area contributed by atoms with Gasteiger partial charge in [-0.1, -0.05) is 12.1 Å². The molecule has 2 aromatic rings. The summed E-state index contributed by atoms with van der Waals surface area (Å²) in [6, 6.07) is 5.81. The summed E-state index contributed by atoms with van der Waals surface area (Å²) < 4.78 is 14.0. The highest BCUT2D eigenvalue weighted by molar-refractivity contribution is 7.15. The smallest absolute Gasteiger partial charge is 0.257 e. The van der Waals surface area contributed by atoms with Gasteiger partial charge >= 0.3 is 0 Å². The van der Waals surface area contributed by atoms with E-state index in [4.69, 9.17) is 0 Å². The molecular formula is C19H25FN4O2S. The molecule has 6 nitrogen and oxygen atoms in total. The third kappa shape index (κ3) is 6.11. The zero-order valence-electron chi connectivity index (χ0n) is 16.1. The fourth-order valence-corrected chi connectivity index (χ4v) is 3.32. The fraction of sp³-hybridized carbons (Fsp3) is 0.421. The first-order valence-corrected chi connectivity index (χ1v) is 9.52. The molecule has 1 heterocycles. The van der Waals surface area contributed by atoms with Crippen molar-refractivity contribution in [3.05, 3.63) is 46.2 Å². The van der Waals surface area contributed by atoms with Crippen molar-refractivity contribution in [2.45, 2.75) is 20.3 Å². The summed E-state index contributed by atoms with van der Waals surface area (Å²) in [5, 5.41) is 3.23. The van der Waals surface area contributed by atoms with Crippen LogP contribution in [0.25, 0.3) is 0 Å². The third-order valence-corrected chi connectivity index (χ3v) is 5.02. The highest BCUT2D eigenvalue weighted by atomic mass is 32.1. The standard InChI is InChI=1S/C19H25FN4O2S/c1-13-14(2)27-19(21-13)22-17(25)12-24(11-7-10-23(3)4)18(26)15-8-5-6-9-16(15)20/h5-6,8-9H,7,10-12H2,1-4H3,(H,21,22,25). The van der Waals surface area contributed by atoms with Gasteiger partial charge in [0.1, 0.15) is 12.4 Å². The minimum Gasteiger partial charge on any atom is -0.329 e. The maximum absolute atomic E-state index is 14.0. The van der Waals surface area contributed by atoms with Crippen molar-refractivity contribution >= 4 is 28.3 Å². The van der Waals surface area contributed by atoms with Crippen LogP contribution in [-0.2, 0) is 4.79 Å². The number of hydrogen-bond donors (Lipinski definition) is 1. The van der Waals surface area contributed by atoms with Crippen LogP contribution >= 0.6 is 11.3 Å². The van der Waals surface area contributed by atoms with Gasteiger partial charge in [0, 0.05) is 11.4 Å².